The van der Waals surface area contributed by atoms with E-state index in [4.69, 9.17) is 5.73 Å². The Balaban J connectivity index is 1.95. The van der Waals surface area contributed by atoms with Gasteiger partial charge in [0.25, 0.3) is 0 Å². The molecule has 68 valence electrons. The van der Waals surface area contributed by atoms with Crippen LogP contribution >= 0.6 is 0 Å². The summed E-state index contributed by atoms with van der Waals surface area (Å²) in [6.45, 7) is 0. The smallest absolute Gasteiger partial charge is 0.0657 e. The lowest BCUT2D eigenvalue weighted by Gasteiger charge is -2.57. The van der Waals surface area contributed by atoms with Crippen LogP contribution in [-0.2, 0) is 0 Å². The maximum Gasteiger partial charge on any atom is 0.0657 e. The molecule has 4 fully saturated rings. The van der Waals surface area contributed by atoms with Crippen LogP contribution in [0.1, 0.15) is 32.1 Å². The maximum absolute atomic E-state index is 10.2. The Hall–Kier alpha value is -0.0800. The molecule has 3 N–H and O–H groups in total. The molecule has 12 heavy (non-hydrogen) atoms. The monoisotopic (exact) mass is 167 g/mol. The van der Waals surface area contributed by atoms with E-state index >= 15 is 0 Å². The normalized spacial score (nSPS) is 62.5. The summed E-state index contributed by atoms with van der Waals surface area (Å²) in [5.41, 5.74) is 5.82. The number of rotatable bonds is 0. The minimum Gasteiger partial charge on any atom is -0.390 e. The standard InChI is InChI=1S/C10H17NO/c11-9-7-1-6-2-8(9)5-10(12,3-6)4-7/h6-9,12H,1-5,11H2/t6-,7-,8+,9+,10-. The first kappa shape index (κ1) is 7.34. The van der Waals surface area contributed by atoms with Crippen LogP contribution in [0, 0.1) is 17.8 Å². The highest BCUT2D eigenvalue weighted by Crippen LogP contribution is 2.54. The molecule has 4 rings (SSSR count). The van der Waals surface area contributed by atoms with Crippen molar-refractivity contribution in [2.24, 2.45) is 23.5 Å². The molecule has 0 aromatic carbocycles. The van der Waals surface area contributed by atoms with Gasteiger partial charge in [0.2, 0.25) is 0 Å². The van der Waals surface area contributed by atoms with E-state index in [9.17, 15) is 5.11 Å². The van der Waals surface area contributed by atoms with Crippen molar-refractivity contribution < 1.29 is 5.11 Å². The van der Waals surface area contributed by atoms with Crippen LogP contribution in [-0.4, -0.2) is 16.7 Å². The van der Waals surface area contributed by atoms with Gasteiger partial charge >= 0.3 is 0 Å². The molecule has 0 aromatic heterocycles. The highest BCUT2D eigenvalue weighted by molar-refractivity contribution is 5.06. The van der Waals surface area contributed by atoms with E-state index in [1.54, 1.807) is 0 Å². The second-order valence-electron chi connectivity index (χ2n) is 5.27. The van der Waals surface area contributed by atoms with Gasteiger partial charge < -0.3 is 10.8 Å². The maximum atomic E-state index is 10.2. The van der Waals surface area contributed by atoms with Crippen molar-refractivity contribution in [1.29, 1.82) is 0 Å². The Bertz CT molecular complexity index is 200. The minimum absolute atomic E-state index is 0.299. The van der Waals surface area contributed by atoms with Crippen LogP contribution in [0.5, 0.6) is 0 Å². The van der Waals surface area contributed by atoms with E-state index in [-0.39, 0.29) is 5.60 Å². The van der Waals surface area contributed by atoms with Gasteiger partial charge in [-0.2, -0.15) is 0 Å². The van der Waals surface area contributed by atoms with Crippen LogP contribution in [0.2, 0.25) is 0 Å². The molecule has 5 atom stereocenters. The Kier molecular flexibility index (Phi) is 1.25. The van der Waals surface area contributed by atoms with Crippen LogP contribution in [0.15, 0.2) is 0 Å². The molecule has 0 heterocycles. The Morgan fingerprint density at radius 2 is 1.67 bits per heavy atom. The fraction of sp³-hybridized carbons (Fsp3) is 1.00. The molecule has 0 aromatic rings. The van der Waals surface area contributed by atoms with Gasteiger partial charge in [0, 0.05) is 6.04 Å². The molecule has 0 amide bonds. The van der Waals surface area contributed by atoms with Crippen molar-refractivity contribution in [3.63, 3.8) is 0 Å². The molecular formula is C10H17NO. The van der Waals surface area contributed by atoms with Gasteiger partial charge in [0.1, 0.15) is 0 Å². The Morgan fingerprint density at radius 1 is 1.08 bits per heavy atom. The van der Waals surface area contributed by atoms with E-state index in [0.29, 0.717) is 17.9 Å². The molecular weight excluding hydrogens is 150 g/mol. The second kappa shape index (κ2) is 2.05. The average molecular weight is 167 g/mol. The highest BCUT2D eigenvalue weighted by Gasteiger charge is 2.53. The molecule has 4 saturated carbocycles. The first-order valence-corrected chi connectivity index (χ1v) is 5.14. The Labute approximate surface area is 73.1 Å². The zero-order chi connectivity index (χ0) is 8.34. The van der Waals surface area contributed by atoms with E-state index < -0.39 is 0 Å². The molecule has 0 saturated heterocycles. The van der Waals surface area contributed by atoms with E-state index in [1.807, 2.05) is 0 Å². The van der Waals surface area contributed by atoms with Gasteiger partial charge in [0.05, 0.1) is 5.60 Å². The van der Waals surface area contributed by atoms with Gasteiger partial charge in [0.15, 0.2) is 0 Å². The van der Waals surface area contributed by atoms with Gasteiger partial charge in [-0.05, 0) is 49.9 Å². The van der Waals surface area contributed by atoms with E-state index in [0.717, 1.165) is 25.2 Å². The summed E-state index contributed by atoms with van der Waals surface area (Å²) in [5.74, 6) is 2.08. The predicted octanol–water partition coefficient (Wildman–Crippen LogP) is 0.885. The molecule has 4 aliphatic rings. The van der Waals surface area contributed by atoms with Crippen molar-refractivity contribution in [1.82, 2.24) is 0 Å². The summed E-state index contributed by atoms with van der Waals surface area (Å²) in [5, 5.41) is 10.2. The average Bonchev–Trinajstić information content (AvgIpc) is 1.96. The van der Waals surface area contributed by atoms with Crippen molar-refractivity contribution in [3.8, 4) is 0 Å². The van der Waals surface area contributed by atoms with Crippen molar-refractivity contribution in [2.75, 3.05) is 0 Å². The second-order valence-corrected chi connectivity index (χ2v) is 5.27. The third-order valence-corrected chi connectivity index (χ3v) is 4.31. The number of nitrogens with two attached hydrogens (primary N) is 1. The quantitative estimate of drug-likeness (QED) is 0.562. The summed E-state index contributed by atoms with van der Waals surface area (Å²) in [7, 11) is 0. The van der Waals surface area contributed by atoms with Gasteiger partial charge in [-0.25, -0.2) is 0 Å². The summed E-state index contributed by atoms with van der Waals surface area (Å²) in [6, 6.07) is 0.404. The largest absolute Gasteiger partial charge is 0.390 e. The molecule has 0 aliphatic heterocycles. The summed E-state index contributed by atoms with van der Waals surface area (Å²) in [6.07, 6.45) is 5.62. The summed E-state index contributed by atoms with van der Waals surface area (Å²) < 4.78 is 0. The minimum atomic E-state index is -0.299. The topological polar surface area (TPSA) is 46.2 Å². The number of hydrogen-bond acceptors (Lipinski definition) is 2. The van der Waals surface area contributed by atoms with Crippen LogP contribution < -0.4 is 5.73 Å². The van der Waals surface area contributed by atoms with Crippen LogP contribution in [0.3, 0.4) is 0 Å². The first-order valence-electron chi connectivity index (χ1n) is 5.14. The highest BCUT2D eigenvalue weighted by atomic mass is 16.3. The summed E-state index contributed by atoms with van der Waals surface area (Å²) in [4.78, 5) is 0. The van der Waals surface area contributed by atoms with Crippen molar-refractivity contribution in [2.45, 2.75) is 43.7 Å². The molecule has 2 nitrogen and oxygen atoms in total. The van der Waals surface area contributed by atoms with Gasteiger partial charge in [-0.3, -0.25) is 0 Å². The molecule has 4 aliphatic carbocycles. The first-order chi connectivity index (χ1) is 5.66. The fourth-order valence-corrected chi connectivity index (χ4v) is 4.02. The van der Waals surface area contributed by atoms with E-state index in [2.05, 4.69) is 0 Å². The Morgan fingerprint density at radius 3 is 2.17 bits per heavy atom. The molecule has 0 radical (unpaired) electrons. The third-order valence-electron chi connectivity index (χ3n) is 4.31. The number of aliphatic hydroxyl groups is 1. The van der Waals surface area contributed by atoms with Crippen molar-refractivity contribution in [3.05, 3.63) is 0 Å². The lowest BCUT2D eigenvalue weighted by molar-refractivity contribution is -0.132. The number of hydrogen-bond donors (Lipinski definition) is 2. The molecule has 0 unspecified atom stereocenters. The lowest BCUT2D eigenvalue weighted by atomic mass is 9.52. The summed E-state index contributed by atoms with van der Waals surface area (Å²) >= 11 is 0. The van der Waals surface area contributed by atoms with Crippen LogP contribution in [0.25, 0.3) is 0 Å². The molecule has 4 bridgehead atoms. The van der Waals surface area contributed by atoms with E-state index in [1.165, 1.54) is 12.8 Å². The molecule has 0 spiro atoms. The van der Waals surface area contributed by atoms with Gasteiger partial charge in [-0.15, -0.1) is 0 Å². The fourth-order valence-electron chi connectivity index (χ4n) is 4.02. The zero-order valence-electron chi connectivity index (χ0n) is 7.37. The van der Waals surface area contributed by atoms with Crippen molar-refractivity contribution >= 4 is 0 Å². The lowest BCUT2D eigenvalue weighted by Crippen LogP contribution is -2.59. The molecule has 2 heteroatoms. The predicted molar refractivity (Wildman–Crippen MR) is 46.5 cm³/mol. The third kappa shape index (κ3) is 0.826. The SMILES string of the molecule is N[C@H]1[C@@H]2C[C@@H]3C[C@H]1C[C@@](O)(C3)C2. The van der Waals surface area contributed by atoms with Crippen LogP contribution in [0.4, 0.5) is 0 Å². The zero-order valence-corrected chi connectivity index (χ0v) is 7.37. The van der Waals surface area contributed by atoms with Gasteiger partial charge in [-0.1, -0.05) is 0 Å².